The summed E-state index contributed by atoms with van der Waals surface area (Å²) >= 11 is 0. The lowest BCUT2D eigenvalue weighted by Gasteiger charge is -2.16. The van der Waals surface area contributed by atoms with Crippen LogP contribution in [0.1, 0.15) is 40.0 Å². The van der Waals surface area contributed by atoms with Crippen LogP contribution in [-0.4, -0.2) is 27.1 Å². The molecule has 0 saturated carbocycles. The average Bonchev–Trinajstić information content (AvgIpc) is 2.44. The third-order valence-corrected chi connectivity index (χ3v) is 2.77. The molecule has 0 aromatic rings. The van der Waals surface area contributed by atoms with Gasteiger partial charge in [-0.1, -0.05) is 57.2 Å². The van der Waals surface area contributed by atoms with Gasteiger partial charge < -0.3 is 14.0 Å². The molecule has 0 saturated heterocycles. The molecule has 0 radical (unpaired) electrons. The Bertz CT molecular complexity index is 252. The Labute approximate surface area is 118 Å². The second kappa shape index (κ2) is 11.0. The van der Waals surface area contributed by atoms with Gasteiger partial charge in [0, 0.05) is 0 Å². The molecule has 0 rings (SSSR count). The average molecular weight is 266 g/mol. The van der Waals surface area contributed by atoms with Gasteiger partial charge >= 0.3 is 7.32 Å². The van der Waals surface area contributed by atoms with Crippen molar-refractivity contribution in [3.8, 4) is 0 Å². The van der Waals surface area contributed by atoms with Gasteiger partial charge in [-0.25, -0.2) is 0 Å². The molecule has 0 aromatic heterocycles. The van der Waals surface area contributed by atoms with E-state index in [0.29, 0.717) is 19.8 Å². The van der Waals surface area contributed by atoms with E-state index < -0.39 is 7.32 Å². The van der Waals surface area contributed by atoms with E-state index in [1.54, 1.807) is 0 Å². The lowest BCUT2D eigenvalue weighted by Crippen LogP contribution is -2.29. The summed E-state index contributed by atoms with van der Waals surface area (Å²) in [6, 6.07) is 0. The van der Waals surface area contributed by atoms with Gasteiger partial charge in [-0.3, -0.25) is 0 Å². The van der Waals surface area contributed by atoms with E-state index in [0.717, 1.165) is 36.0 Å². The van der Waals surface area contributed by atoms with Gasteiger partial charge in [0.15, 0.2) is 0 Å². The zero-order valence-corrected chi connectivity index (χ0v) is 12.7. The molecule has 0 aromatic carbocycles. The monoisotopic (exact) mass is 266 g/mol. The third-order valence-electron chi connectivity index (χ3n) is 2.77. The van der Waals surface area contributed by atoms with Crippen molar-refractivity contribution in [2.24, 2.45) is 0 Å². The molecule has 3 nitrogen and oxygen atoms in total. The van der Waals surface area contributed by atoms with Crippen molar-refractivity contribution in [2.45, 2.75) is 40.0 Å². The first-order chi connectivity index (χ1) is 9.03. The SMILES string of the molecule is C=C(CC)COB(OCC(=C)CC)OCC(=C)CC. The third kappa shape index (κ3) is 9.71. The zero-order valence-electron chi connectivity index (χ0n) is 12.7. The minimum atomic E-state index is -0.685. The molecule has 4 heteroatoms. The molecule has 0 aliphatic rings. The van der Waals surface area contributed by atoms with Crippen molar-refractivity contribution in [2.75, 3.05) is 19.8 Å². The molecule has 0 N–H and O–H groups in total. The van der Waals surface area contributed by atoms with Crippen molar-refractivity contribution in [1.82, 2.24) is 0 Å². The maximum atomic E-state index is 5.56. The van der Waals surface area contributed by atoms with Gasteiger partial charge in [0.1, 0.15) is 0 Å². The van der Waals surface area contributed by atoms with Crippen LogP contribution in [0, 0.1) is 0 Å². The molecule has 0 aliphatic heterocycles. The van der Waals surface area contributed by atoms with E-state index in [-0.39, 0.29) is 0 Å². The Hall–Kier alpha value is -0.835. The predicted molar refractivity (Wildman–Crippen MR) is 81.9 cm³/mol. The molecule has 0 unspecified atom stereocenters. The minimum absolute atomic E-state index is 0.443. The summed E-state index contributed by atoms with van der Waals surface area (Å²) < 4.78 is 16.7. The fourth-order valence-corrected chi connectivity index (χ4v) is 1.01. The van der Waals surface area contributed by atoms with E-state index in [2.05, 4.69) is 19.7 Å². The largest absolute Gasteiger partial charge is 0.640 e. The van der Waals surface area contributed by atoms with Gasteiger partial charge in [-0.05, 0) is 19.3 Å². The number of hydrogen-bond acceptors (Lipinski definition) is 3. The second-order valence-corrected chi connectivity index (χ2v) is 4.53. The van der Waals surface area contributed by atoms with Crippen LogP contribution in [0.25, 0.3) is 0 Å². The van der Waals surface area contributed by atoms with E-state index in [1.807, 2.05) is 20.8 Å². The maximum absolute atomic E-state index is 5.56. The fraction of sp³-hybridized carbons (Fsp3) is 0.600. The molecule has 0 amide bonds. The summed E-state index contributed by atoms with van der Waals surface area (Å²) in [5.41, 5.74) is 3.04. The molecule has 0 heterocycles. The summed E-state index contributed by atoms with van der Waals surface area (Å²) in [4.78, 5) is 0. The fourth-order valence-electron chi connectivity index (χ4n) is 1.01. The van der Waals surface area contributed by atoms with Crippen LogP contribution in [0.3, 0.4) is 0 Å². The van der Waals surface area contributed by atoms with Gasteiger partial charge in [0.25, 0.3) is 0 Å². The quantitative estimate of drug-likeness (QED) is 0.396. The van der Waals surface area contributed by atoms with E-state index in [1.165, 1.54) is 0 Å². The van der Waals surface area contributed by atoms with E-state index in [9.17, 15) is 0 Å². The Morgan fingerprint density at radius 1 is 0.684 bits per heavy atom. The first-order valence-electron chi connectivity index (χ1n) is 6.88. The maximum Gasteiger partial charge on any atom is 0.640 e. The van der Waals surface area contributed by atoms with Crippen LogP contribution in [0.4, 0.5) is 0 Å². The van der Waals surface area contributed by atoms with Crippen LogP contribution in [-0.2, 0) is 14.0 Å². The lowest BCUT2D eigenvalue weighted by atomic mass is 10.1. The highest BCUT2D eigenvalue weighted by Gasteiger charge is 2.22. The van der Waals surface area contributed by atoms with Crippen LogP contribution in [0.15, 0.2) is 36.5 Å². The van der Waals surface area contributed by atoms with Crippen LogP contribution in [0.5, 0.6) is 0 Å². The molecule has 0 aliphatic carbocycles. The lowest BCUT2D eigenvalue weighted by molar-refractivity contribution is 0.115. The van der Waals surface area contributed by atoms with Crippen LogP contribution < -0.4 is 0 Å². The molecule has 0 spiro atoms. The zero-order chi connectivity index (χ0) is 14.7. The van der Waals surface area contributed by atoms with Crippen LogP contribution >= 0.6 is 0 Å². The van der Waals surface area contributed by atoms with Gasteiger partial charge in [-0.15, -0.1) is 0 Å². The minimum Gasteiger partial charge on any atom is -0.382 e. The molecule has 19 heavy (non-hydrogen) atoms. The highest BCUT2D eigenvalue weighted by Crippen LogP contribution is 2.06. The Morgan fingerprint density at radius 2 is 0.947 bits per heavy atom. The first-order valence-corrected chi connectivity index (χ1v) is 6.88. The molecule has 0 fully saturated rings. The summed E-state index contributed by atoms with van der Waals surface area (Å²) in [5.74, 6) is 0. The Balaban J connectivity index is 4.16. The molecule has 0 atom stereocenters. The van der Waals surface area contributed by atoms with E-state index >= 15 is 0 Å². The van der Waals surface area contributed by atoms with Crippen molar-refractivity contribution in [3.05, 3.63) is 36.5 Å². The van der Waals surface area contributed by atoms with E-state index in [4.69, 9.17) is 14.0 Å². The summed E-state index contributed by atoms with van der Waals surface area (Å²) in [6.45, 7) is 19.1. The standard InChI is InChI=1S/C15H27BO3/c1-7-13(4)10-17-16(18-11-14(5)8-2)19-12-15(6)9-3/h4-12H2,1-3H3. The normalized spacial score (nSPS) is 10.3. The predicted octanol–water partition coefficient (Wildman–Crippen LogP) is 3.92. The van der Waals surface area contributed by atoms with Gasteiger partial charge in [0.2, 0.25) is 0 Å². The highest BCUT2D eigenvalue weighted by atomic mass is 16.7. The van der Waals surface area contributed by atoms with Crippen molar-refractivity contribution >= 4 is 7.32 Å². The molecule has 108 valence electrons. The first kappa shape index (κ1) is 18.2. The van der Waals surface area contributed by atoms with Gasteiger partial charge in [-0.2, -0.15) is 0 Å². The van der Waals surface area contributed by atoms with Gasteiger partial charge in [0.05, 0.1) is 19.8 Å². The Morgan fingerprint density at radius 3 is 1.16 bits per heavy atom. The summed E-state index contributed by atoms with van der Waals surface area (Å²) in [5, 5.41) is 0. The van der Waals surface area contributed by atoms with Crippen molar-refractivity contribution < 1.29 is 14.0 Å². The number of hydrogen-bond donors (Lipinski definition) is 0. The topological polar surface area (TPSA) is 27.7 Å². The number of rotatable bonds is 12. The molecular weight excluding hydrogens is 239 g/mol. The van der Waals surface area contributed by atoms with Crippen molar-refractivity contribution in [1.29, 1.82) is 0 Å². The summed E-state index contributed by atoms with van der Waals surface area (Å²) in [7, 11) is -0.685. The van der Waals surface area contributed by atoms with Crippen LogP contribution in [0.2, 0.25) is 0 Å². The molecule has 0 bridgehead atoms. The second-order valence-electron chi connectivity index (χ2n) is 4.53. The van der Waals surface area contributed by atoms with Crippen molar-refractivity contribution in [3.63, 3.8) is 0 Å². The Kier molecular flexibility index (Phi) is 10.5. The molecular formula is C15H27BO3. The highest BCUT2D eigenvalue weighted by molar-refractivity contribution is 6.36. The summed E-state index contributed by atoms with van der Waals surface area (Å²) in [6.07, 6.45) is 2.65. The smallest absolute Gasteiger partial charge is 0.382 e.